The summed E-state index contributed by atoms with van der Waals surface area (Å²) in [6.07, 6.45) is 5.03. The quantitative estimate of drug-likeness (QED) is 0.561. The summed E-state index contributed by atoms with van der Waals surface area (Å²) in [5.41, 5.74) is 1.57. The monoisotopic (exact) mass is 284 g/mol. The molecule has 0 atom stereocenters. The van der Waals surface area contributed by atoms with Crippen molar-refractivity contribution in [1.82, 2.24) is 29.8 Å². The van der Waals surface area contributed by atoms with Crippen molar-refractivity contribution in [3.63, 3.8) is 0 Å². The standard InChI is InChI=1S/C12H8N6OS/c1-7-14-9(6-19-7)11-17-18-10(15-16-12(18)20-11)8-3-2-4-13-5-8/h2-6H,1H3. The normalized spacial score (nSPS) is 11.2. The number of oxazole rings is 1. The molecule has 0 N–H and O–H groups in total. The van der Waals surface area contributed by atoms with Crippen LogP contribution in [0.4, 0.5) is 0 Å². The van der Waals surface area contributed by atoms with Crippen molar-refractivity contribution < 1.29 is 4.42 Å². The van der Waals surface area contributed by atoms with Gasteiger partial charge in [-0.25, -0.2) is 4.98 Å². The van der Waals surface area contributed by atoms with Crippen molar-refractivity contribution in [2.75, 3.05) is 0 Å². The third-order valence-corrected chi connectivity index (χ3v) is 3.67. The van der Waals surface area contributed by atoms with Gasteiger partial charge in [0.05, 0.1) is 0 Å². The van der Waals surface area contributed by atoms with Crippen molar-refractivity contribution in [2.24, 2.45) is 0 Å². The predicted molar refractivity (Wildman–Crippen MR) is 72.1 cm³/mol. The molecule has 0 aliphatic heterocycles. The maximum absolute atomic E-state index is 5.21. The Kier molecular flexibility index (Phi) is 2.36. The van der Waals surface area contributed by atoms with E-state index in [2.05, 4.69) is 25.3 Å². The molecule has 0 aromatic carbocycles. The van der Waals surface area contributed by atoms with Crippen molar-refractivity contribution in [2.45, 2.75) is 6.92 Å². The lowest BCUT2D eigenvalue weighted by Gasteiger charge is -1.94. The molecule has 4 aromatic heterocycles. The van der Waals surface area contributed by atoms with Crippen LogP contribution in [0.3, 0.4) is 0 Å². The topological polar surface area (TPSA) is 82.0 Å². The van der Waals surface area contributed by atoms with Gasteiger partial charge in [0.1, 0.15) is 12.0 Å². The first-order valence-electron chi connectivity index (χ1n) is 5.86. The molecule has 0 aliphatic rings. The summed E-state index contributed by atoms with van der Waals surface area (Å²) >= 11 is 1.41. The summed E-state index contributed by atoms with van der Waals surface area (Å²) < 4.78 is 6.90. The van der Waals surface area contributed by atoms with Crippen LogP contribution < -0.4 is 0 Å². The first-order valence-corrected chi connectivity index (χ1v) is 6.68. The molecule has 0 bridgehead atoms. The van der Waals surface area contributed by atoms with E-state index < -0.39 is 0 Å². The van der Waals surface area contributed by atoms with E-state index in [9.17, 15) is 0 Å². The molecule has 0 spiro atoms. The predicted octanol–water partition coefficient (Wildman–Crippen LogP) is 2.21. The molecule has 0 radical (unpaired) electrons. The van der Waals surface area contributed by atoms with Gasteiger partial charge in [0.25, 0.3) is 0 Å². The van der Waals surface area contributed by atoms with Gasteiger partial charge in [-0.1, -0.05) is 11.3 Å². The average Bonchev–Trinajstić information content (AvgIpc) is 3.13. The van der Waals surface area contributed by atoms with Gasteiger partial charge in [-0.3, -0.25) is 4.98 Å². The van der Waals surface area contributed by atoms with E-state index in [1.165, 1.54) is 11.3 Å². The van der Waals surface area contributed by atoms with Crippen LogP contribution in [0.25, 0.3) is 27.1 Å². The van der Waals surface area contributed by atoms with Crippen LogP contribution in [0.2, 0.25) is 0 Å². The average molecular weight is 284 g/mol. The highest BCUT2D eigenvalue weighted by Crippen LogP contribution is 2.27. The molecular weight excluding hydrogens is 276 g/mol. The molecule has 0 fully saturated rings. The molecule has 98 valence electrons. The Balaban J connectivity index is 1.87. The zero-order chi connectivity index (χ0) is 13.5. The highest BCUT2D eigenvalue weighted by atomic mass is 32.1. The summed E-state index contributed by atoms with van der Waals surface area (Å²) in [6.45, 7) is 1.80. The van der Waals surface area contributed by atoms with E-state index in [0.717, 1.165) is 10.6 Å². The lowest BCUT2D eigenvalue weighted by atomic mass is 10.3. The van der Waals surface area contributed by atoms with Gasteiger partial charge in [0.2, 0.25) is 4.96 Å². The fourth-order valence-electron chi connectivity index (χ4n) is 1.86. The smallest absolute Gasteiger partial charge is 0.235 e. The third kappa shape index (κ3) is 1.69. The number of aromatic nitrogens is 6. The van der Waals surface area contributed by atoms with Gasteiger partial charge in [-0.05, 0) is 12.1 Å². The van der Waals surface area contributed by atoms with E-state index in [1.54, 1.807) is 30.1 Å². The van der Waals surface area contributed by atoms with E-state index >= 15 is 0 Å². The third-order valence-electron chi connectivity index (χ3n) is 2.75. The van der Waals surface area contributed by atoms with Gasteiger partial charge in [0, 0.05) is 24.9 Å². The molecule has 0 unspecified atom stereocenters. The number of fused-ring (bicyclic) bond motifs is 1. The Hall–Kier alpha value is -2.61. The number of rotatable bonds is 2. The highest BCUT2D eigenvalue weighted by Gasteiger charge is 2.16. The van der Waals surface area contributed by atoms with Crippen LogP contribution in [0.1, 0.15) is 5.89 Å². The van der Waals surface area contributed by atoms with Crippen LogP contribution in [-0.2, 0) is 0 Å². The van der Waals surface area contributed by atoms with Gasteiger partial charge >= 0.3 is 0 Å². The summed E-state index contributed by atoms with van der Waals surface area (Å²) in [5, 5.41) is 13.5. The van der Waals surface area contributed by atoms with Gasteiger partial charge in [-0.2, -0.15) is 9.61 Å². The number of nitrogens with zero attached hydrogens (tertiary/aromatic N) is 6. The Morgan fingerprint density at radius 2 is 2.25 bits per heavy atom. The Morgan fingerprint density at radius 1 is 1.30 bits per heavy atom. The first kappa shape index (κ1) is 11.2. The lowest BCUT2D eigenvalue weighted by molar-refractivity contribution is 0.521. The van der Waals surface area contributed by atoms with Crippen molar-refractivity contribution in [1.29, 1.82) is 0 Å². The second kappa shape index (κ2) is 4.20. The Morgan fingerprint density at radius 3 is 3.00 bits per heavy atom. The Bertz CT molecular complexity index is 878. The van der Waals surface area contributed by atoms with Crippen molar-refractivity contribution in [3.05, 3.63) is 36.7 Å². The molecule has 0 saturated heterocycles. The molecule has 7 nitrogen and oxygen atoms in total. The largest absolute Gasteiger partial charge is 0.449 e. The molecule has 4 aromatic rings. The van der Waals surface area contributed by atoms with Crippen LogP contribution in [0.5, 0.6) is 0 Å². The van der Waals surface area contributed by atoms with E-state index in [-0.39, 0.29) is 0 Å². The lowest BCUT2D eigenvalue weighted by Crippen LogP contribution is -1.91. The second-order valence-corrected chi connectivity index (χ2v) is 5.07. The molecule has 0 aliphatic carbocycles. The summed E-state index contributed by atoms with van der Waals surface area (Å²) in [5.74, 6) is 1.27. The van der Waals surface area contributed by atoms with Crippen LogP contribution in [0.15, 0.2) is 35.2 Å². The highest BCUT2D eigenvalue weighted by molar-refractivity contribution is 7.19. The van der Waals surface area contributed by atoms with E-state index in [1.807, 2.05) is 12.1 Å². The van der Waals surface area contributed by atoms with Crippen LogP contribution in [-0.4, -0.2) is 29.8 Å². The van der Waals surface area contributed by atoms with E-state index in [4.69, 9.17) is 4.42 Å². The molecule has 0 amide bonds. The van der Waals surface area contributed by atoms with Gasteiger partial charge in [-0.15, -0.1) is 10.2 Å². The SMILES string of the molecule is Cc1nc(-c2nn3c(-c4cccnc4)nnc3s2)co1. The molecule has 4 heterocycles. The number of hydrogen-bond acceptors (Lipinski definition) is 7. The Labute approximate surface area is 116 Å². The fraction of sp³-hybridized carbons (Fsp3) is 0.0833. The molecule has 4 rings (SSSR count). The second-order valence-electron chi connectivity index (χ2n) is 4.12. The summed E-state index contributed by atoms with van der Waals surface area (Å²) in [7, 11) is 0. The number of pyridine rings is 1. The number of aryl methyl sites for hydroxylation is 1. The number of hydrogen-bond donors (Lipinski definition) is 0. The molecule has 20 heavy (non-hydrogen) atoms. The van der Waals surface area contributed by atoms with E-state index in [0.29, 0.717) is 22.4 Å². The van der Waals surface area contributed by atoms with Crippen LogP contribution >= 0.6 is 11.3 Å². The van der Waals surface area contributed by atoms with Crippen molar-refractivity contribution >= 4 is 16.3 Å². The molecular formula is C12H8N6OS. The fourth-order valence-corrected chi connectivity index (χ4v) is 2.65. The minimum atomic E-state index is 0.610. The van der Waals surface area contributed by atoms with Gasteiger partial charge in [0.15, 0.2) is 16.7 Å². The summed E-state index contributed by atoms with van der Waals surface area (Å²) in [4.78, 5) is 9.06. The maximum Gasteiger partial charge on any atom is 0.235 e. The maximum atomic E-state index is 5.21. The molecule has 8 heteroatoms. The minimum Gasteiger partial charge on any atom is -0.449 e. The minimum absolute atomic E-state index is 0.610. The zero-order valence-corrected chi connectivity index (χ0v) is 11.2. The van der Waals surface area contributed by atoms with Gasteiger partial charge < -0.3 is 4.42 Å². The van der Waals surface area contributed by atoms with Crippen molar-refractivity contribution in [3.8, 4) is 22.1 Å². The van der Waals surface area contributed by atoms with Crippen LogP contribution in [0, 0.1) is 6.92 Å². The summed E-state index contributed by atoms with van der Waals surface area (Å²) in [6, 6.07) is 3.77. The first-order chi connectivity index (χ1) is 9.81. The zero-order valence-electron chi connectivity index (χ0n) is 10.4. The molecule has 0 saturated carbocycles.